The summed E-state index contributed by atoms with van der Waals surface area (Å²) in [4.78, 5) is 12.2. The number of carbonyl (C=O) groups excluding carboxylic acids is 1. The van der Waals surface area contributed by atoms with Gasteiger partial charge in [-0.25, -0.2) is 4.39 Å². The zero-order valence-electron chi connectivity index (χ0n) is 15.9. The third-order valence-electron chi connectivity index (χ3n) is 4.16. The zero-order valence-corrected chi connectivity index (χ0v) is 18.2. The highest BCUT2D eigenvalue weighted by Gasteiger charge is 2.34. The van der Waals surface area contributed by atoms with E-state index in [2.05, 4.69) is 16.0 Å². The van der Waals surface area contributed by atoms with Gasteiger partial charge in [-0.05, 0) is 60.7 Å². The SMILES string of the molecule is O=C(Nc1ccc(NC(=S)Nc2ccc(C(F)(F)F)c(Cl)c2Cl)cc1)c1ccccc1F. The lowest BCUT2D eigenvalue weighted by Crippen LogP contribution is -2.19. The molecule has 3 N–H and O–H groups in total. The second-order valence-electron chi connectivity index (χ2n) is 6.38. The monoisotopic (exact) mass is 501 g/mol. The number of hydrogen-bond acceptors (Lipinski definition) is 2. The van der Waals surface area contributed by atoms with Gasteiger partial charge in [0.05, 0.1) is 26.9 Å². The molecule has 0 saturated carbocycles. The molecular weight excluding hydrogens is 489 g/mol. The Bertz CT molecular complexity index is 1170. The molecule has 3 aromatic carbocycles. The summed E-state index contributed by atoms with van der Waals surface area (Å²) in [5, 5.41) is 7.16. The van der Waals surface area contributed by atoms with E-state index < -0.39 is 28.5 Å². The number of halogens is 6. The van der Waals surface area contributed by atoms with Crippen LogP contribution in [0.25, 0.3) is 0 Å². The fourth-order valence-corrected chi connectivity index (χ4v) is 3.34. The van der Waals surface area contributed by atoms with E-state index in [0.29, 0.717) is 11.4 Å². The number of thiocarbonyl (C=S) groups is 1. The summed E-state index contributed by atoms with van der Waals surface area (Å²) >= 11 is 16.8. The van der Waals surface area contributed by atoms with Gasteiger partial charge in [0.25, 0.3) is 5.91 Å². The van der Waals surface area contributed by atoms with Crippen LogP contribution in [0.3, 0.4) is 0 Å². The average Bonchev–Trinajstić information content (AvgIpc) is 2.72. The van der Waals surface area contributed by atoms with Crippen molar-refractivity contribution in [3.8, 4) is 0 Å². The van der Waals surface area contributed by atoms with Gasteiger partial charge in [0.1, 0.15) is 5.82 Å². The van der Waals surface area contributed by atoms with Crippen LogP contribution in [0.15, 0.2) is 60.7 Å². The number of alkyl halides is 3. The fraction of sp³-hybridized carbons (Fsp3) is 0.0476. The Morgan fingerprint density at radius 3 is 2.00 bits per heavy atom. The summed E-state index contributed by atoms with van der Waals surface area (Å²) < 4.78 is 52.4. The van der Waals surface area contributed by atoms with Crippen molar-refractivity contribution in [2.45, 2.75) is 6.18 Å². The van der Waals surface area contributed by atoms with E-state index in [1.807, 2.05) is 0 Å². The van der Waals surface area contributed by atoms with Gasteiger partial charge in [-0.3, -0.25) is 4.79 Å². The molecule has 0 aliphatic carbocycles. The van der Waals surface area contributed by atoms with Gasteiger partial charge >= 0.3 is 6.18 Å². The Kier molecular flexibility index (Phi) is 7.22. The lowest BCUT2D eigenvalue weighted by Gasteiger charge is -2.15. The van der Waals surface area contributed by atoms with E-state index in [4.69, 9.17) is 35.4 Å². The van der Waals surface area contributed by atoms with E-state index >= 15 is 0 Å². The maximum absolute atomic E-state index is 13.7. The van der Waals surface area contributed by atoms with Gasteiger partial charge in [-0.2, -0.15) is 13.2 Å². The topological polar surface area (TPSA) is 53.2 Å². The first kappa shape index (κ1) is 23.8. The van der Waals surface area contributed by atoms with Crippen molar-refractivity contribution < 1.29 is 22.4 Å². The number of hydrogen-bond donors (Lipinski definition) is 3. The lowest BCUT2D eigenvalue weighted by molar-refractivity contribution is -0.137. The quantitative estimate of drug-likeness (QED) is 0.261. The Morgan fingerprint density at radius 1 is 0.812 bits per heavy atom. The second kappa shape index (κ2) is 9.72. The van der Waals surface area contributed by atoms with Crippen LogP contribution in [-0.4, -0.2) is 11.0 Å². The first-order valence-electron chi connectivity index (χ1n) is 8.85. The number of nitrogens with one attached hydrogen (secondary N) is 3. The third-order valence-corrected chi connectivity index (χ3v) is 5.24. The summed E-state index contributed by atoms with van der Waals surface area (Å²) in [5.41, 5.74) is -0.120. The highest BCUT2D eigenvalue weighted by molar-refractivity contribution is 7.80. The largest absolute Gasteiger partial charge is 0.417 e. The molecule has 3 aromatic rings. The molecule has 0 saturated heterocycles. The number of anilines is 3. The van der Waals surface area contributed by atoms with Crippen LogP contribution in [0.4, 0.5) is 34.6 Å². The van der Waals surface area contributed by atoms with Crippen molar-refractivity contribution in [2.75, 3.05) is 16.0 Å². The second-order valence-corrected chi connectivity index (χ2v) is 7.54. The maximum atomic E-state index is 13.7. The van der Waals surface area contributed by atoms with Crippen LogP contribution >= 0.6 is 35.4 Å². The summed E-state index contributed by atoms with van der Waals surface area (Å²) in [6, 6.07) is 13.8. The number of rotatable bonds is 4. The summed E-state index contributed by atoms with van der Waals surface area (Å²) in [7, 11) is 0. The molecule has 0 aliphatic heterocycles. The molecule has 11 heteroatoms. The maximum Gasteiger partial charge on any atom is 0.417 e. The molecule has 3 rings (SSSR count). The van der Waals surface area contributed by atoms with E-state index in [0.717, 1.165) is 12.1 Å². The molecule has 0 radical (unpaired) electrons. The normalized spacial score (nSPS) is 11.1. The van der Waals surface area contributed by atoms with Crippen LogP contribution in [0.5, 0.6) is 0 Å². The number of amides is 1. The average molecular weight is 502 g/mol. The minimum Gasteiger partial charge on any atom is -0.332 e. The smallest absolute Gasteiger partial charge is 0.332 e. The lowest BCUT2D eigenvalue weighted by atomic mass is 10.2. The summed E-state index contributed by atoms with van der Waals surface area (Å²) in [6.45, 7) is 0. The first-order valence-corrected chi connectivity index (χ1v) is 10.0. The molecule has 0 spiro atoms. The zero-order chi connectivity index (χ0) is 23.5. The molecule has 1 amide bonds. The van der Waals surface area contributed by atoms with E-state index in [1.165, 1.54) is 18.2 Å². The van der Waals surface area contributed by atoms with Crippen molar-refractivity contribution in [2.24, 2.45) is 0 Å². The molecule has 0 aromatic heterocycles. The molecule has 166 valence electrons. The summed E-state index contributed by atoms with van der Waals surface area (Å²) in [6.07, 6.45) is -4.64. The molecule has 32 heavy (non-hydrogen) atoms. The van der Waals surface area contributed by atoms with Gasteiger partial charge in [-0.1, -0.05) is 35.3 Å². The van der Waals surface area contributed by atoms with Gasteiger partial charge in [0.2, 0.25) is 0 Å². The van der Waals surface area contributed by atoms with Crippen molar-refractivity contribution >= 4 is 63.5 Å². The van der Waals surface area contributed by atoms with Gasteiger partial charge in [0, 0.05) is 11.4 Å². The Morgan fingerprint density at radius 2 is 1.41 bits per heavy atom. The predicted octanol–water partition coefficient (Wildman–Crippen LogP) is 7.21. The predicted molar refractivity (Wildman–Crippen MR) is 122 cm³/mol. The van der Waals surface area contributed by atoms with E-state index in [-0.39, 0.29) is 21.4 Å². The highest BCUT2D eigenvalue weighted by Crippen LogP contribution is 2.41. The minimum atomic E-state index is -4.64. The van der Waals surface area contributed by atoms with Crippen molar-refractivity contribution in [1.82, 2.24) is 0 Å². The Balaban J connectivity index is 1.63. The fourth-order valence-electron chi connectivity index (χ4n) is 2.63. The van der Waals surface area contributed by atoms with Gasteiger partial charge < -0.3 is 16.0 Å². The van der Waals surface area contributed by atoms with Crippen LogP contribution in [0.2, 0.25) is 10.0 Å². The van der Waals surface area contributed by atoms with Crippen LogP contribution < -0.4 is 16.0 Å². The molecule has 0 bridgehead atoms. The summed E-state index contributed by atoms with van der Waals surface area (Å²) in [5.74, 6) is -1.24. The molecular formula is C21H13Cl2F4N3OS. The number of carbonyl (C=O) groups is 1. The minimum absolute atomic E-state index is 0.0471. The number of benzene rings is 3. The highest BCUT2D eigenvalue weighted by atomic mass is 35.5. The molecule has 0 fully saturated rings. The third kappa shape index (κ3) is 5.67. The molecule has 0 aliphatic rings. The molecule has 0 heterocycles. The van der Waals surface area contributed by atoms with Crippen molar-refractivity contribution in [3.63, 3.8) is 0 Å². The standard InChI is InChI=1S/C21H13Cl2F4N3OS/c22-17-14(21(25,26)27)9-10-16(18(17)23)30-20(32)29-12-7-5-11(6-8-12)28-19(31)13-3-1-2-4-15(13)24/h1-10H,(H,28,31)(H2,29,30,32). The van der Waals surface area contributed by atoms with Gasteiger partial charge in [-0.15, -0.1) is 0 Å². The Hall–Kier alpha value is -2.88. The molecule has 4 nitrogen and oxygen atoms in total. The first-order chi connectivity index (χ1) is 15.1. The van der Waals surface area contributed by atoms with Gasteiger partial charge in [0.15, 0.2) is 5.11 Å². The van der Waals surface area contributed by atoms with Crippen molar-refractivity contribution in [3.05, 3.63) is 87.7 Å². The van der Waals surface area contributed by atoms with Crippen LogP contribution in [-0.2, 0) is 6.18 Å². The van der Waals surface area contributed by atoms with E-state index in [9.17, 15) is 22.4 Å². The Labute approximate surface area is 195 Å². The van der Waals surface area contributed by atoms with Crippen LogP contribution in [0.1, 0.15) is 15.9 Å². The van der Waals surface area contributed by atoms with Crippen LogP contribution in [0, 0.1) is 5.82 Å². The molecule has 0 atom stereocenters. The van der Waals surface area contributed by atoms with Crippen molar-refractivity contribution in [1.29, 1.82) is 0 Å². The molecule has 0 unspecified atom stereocenters. The van der Waals surface area contributed by atoms with E-state index in [1.54, 1.807) is 30.3 Å².